The number of hydrogen-bond donors (Lipinski definition) is 1. The van der Waals surface area contributed by atoms with Crippen LogP contribution in [-0.2, 0) is 0 Å². The second kappa shape index (κ2) is 3.93. The molecule has 0 saturated carbocycles. The normalized spacial score (nSPS) is 10.4. The van der Waals surface area contributed by atoms with E-state index in [4.69, 9.17) is 5.73 Å². The van der Waals surface area contributed by atoms with Crippen molar-refractivity contribution in [3.8, 4) is 11.1 Å². The van der Waals surface area contributed by atoms with Gasteiger partial charge in [0.2, 0.25) is 0 Å². The number of halogens is 2. The molecule has 2 N–H and O–H groups in total. The van der Waals surface area contributed by atoms with Crippen molar-refractivity contribution in [2.45, 2.75) is 6.92 Å². The van der Waals surface area contributed by atoms with Gasteiger partial charge in [-0.05, 0) is 30.2 Å². The average molecular weight is 219 g/mol. The Kier molecular flexibility index (Phi) is 2.60. The topological polar surface area (TPSA) is 26.0 Å². The molecule has 82 valence electrons. The molecule has 0 spiro atoms. The molecule has 0 heterocycles. The zero-order chi connectivity index (χ0) is 11.7. The minimum absolute atomic E-state index is 0.171. The zero-order valence-electron chi connectivity index (χ0n) is 8.80. The number of nitrogen functional groups attached to an aromatic ring is 1. The minimum Gasteiger partial charge on any atom is -0.396 e. The smallest absolute Gasteiger partial charge is 0.181 e. The molecule has 2 aromatic carbocycles. The van der Waals surface area contributed by atoms with Crippen LogP contribution < -0.4 is 5.73 Å². The van der Waals surface area contributed by atoms with Gasteiger partial charge in [-0.25, -0.2) is 8.78 Å². The van der Waals surface area contributed by atoms with Crippen molar-refractivity contribution >= 4 is 5.69 Å². The van der Waals surface area contributed by atoms with E-state index in [1.807, 2.05) is 31.2 Å². The van der Waals surface area contributed by atoms with Gasteiger partial charge in [-0.2, -0.15) is 0 Å². The predicted molar refractivity (Wildman–Crippen MR) is 60.9 cm³/mol. The molecule has 0 aliphatic rings. The van der Waals surface area contributed by atoms with Crippen molar-refractivity contribution in [1.82, 2.24) is 0 Å². The quantitative estimate of drug-likeness (QED) is 0.729. The van der Waals surface area contributed by atoms with E-state index in [2.05, 4.69) is 0 Å². The molecule has 0 bridgehead atoms. The number of benzene rings is 2. The van der Waals surface area contributed by atoms with Gasteiger partial charge in [0.25, 0.3) is 0 Å². The van der Waals surface area contributed by atoms with Crippen molar-refractivity contribution in [1.29, 1.82) is 0 Å². The highest BCUT2D eigenvalue weighted by molar-refractivity contribution is 5.67. The number of nitrogens with two attached hydrogens (primary N) is 1. The molecule has 0 aromatic heterocycles. The van der Waals surface area contributed by atoms with E-state index >= 15 is 0 Å². The van der Waals surface area contributed by atoms with Crippen LogP contribution in [-0.4, -0.2) is 0 Å². The highest BCUT2D eigenvalue weighted by Gasteiger charge is 2.09. The summed E-state index contributed by atoms with van der Waals surface area (Å²) in [6, 6.07) is 10.1. The van der Waals surface area contributed by atoms with Crippen LogP contribution in [0.25, 0.3) is 11.1 Å². The Bertz CT molecular complexity index is 495. The number of aryl methyl sites for hydroxylation is 1. The van der Waals surface area contributed by atoms with Crippen molar-refractivity contribution in [2.75, 3.05) is 5.73 Å². The summed E-state index contributed by atoms with van der Waals surface area (Å²) in [7, 11) is 0. The lowest BCUT2D eigenvalue weighted by Gasteiger charge is -2.05. The van der Waals surface area contributed by atoms with Crippen molar-refractivity contribution in [2.24, 2.45) is 0 Å². The average Bonchev–Trinajstić information content (AvgIpc) is 2.26. The Labute approximate surface area is 92.5 Å². The van der Waals surface area contributed by atoms with Gasteiger partial charge < -0.3 is 5.73 Å². The fraction of sp³-hybridized carbons (Fsp3) is 0.0769. The lowest BCUT2D eigenvalue weighted by atomic mass is 10.0. The molecule has 0 saturated heterocycles. The Hall–Kier alpha value is -1.90. The van der Waals surface area contributed by atoms with Gasteiger partial charge in [-0.3, -0.25) is 0 Å². The summed E-state index contributed by atoms with van der Waals surface area (Å²) in [5, 5.41) is 0. The second-order valence-corrected chi connectivity index (χ2v) is 3.73. The maximum absolute atomic E-state index is 13.1. The first-order valence-electron chi connectivity index (χ1n) is 4.89. The first-order valence-corrected chi connectivity index (χ1v) is 4.89. The largest absolute Gasteiger partial charge is 0.396 e. The molecular formula is C13H11F2N. The van der Waals surface area contributed by atoms with Gasteiger partial charge in [0, 0.05) is 0 Å². The van der Waals surface area contributed by atoms with Crippen LogP contribution in [0.15, 0.2) is 36.4 Å². The summed E-state index contributed by atoms with van der Waals surface area (Å²) < 4.78 is 26.1. The number of hydrogen-bond acceptors (Lipinski definition) is 1. The standard InChI is InChI=1S/C13H11F2N/c1-8-2-4-9(5-3-8)10-6-11(14)13(15)12(16)7-10/h2-7H,16H2,1H3. The van der Waals surface area contributed by atoms with E-state index in [-0.39, 0.29) is 5.69 Å². The van der Waals surface area contributed by atoms with Gasteiger partial charge in [0.15, 0.2) is 11.6 Å². The van der Waals surface area contributed by atoms with E-state index in [0.29, 0.717) is 5.56 Å². The fourth-order valence-corrected chi connectivity index (χ4v) is 1.52. The third-order valence-corrected chi connectivity index (χ3v) is 2.44. The maximum Gasteiger partial charge on any atom is 0.181 e. The summed E-state index contributed by atoms with van der Waals surface area (Å²) in [6.07, 6.45) is 0. The first kappa shape index (κ1) is 10.6. The molecule has 0 aliphatic heterocycles. The maximum atomic E-state index is 13.1. The SMILES string of the molecule is Cc1ccc(-c2cc(N)c(F)c(F)c2)cc1. The van der Waals surface area contributed by atoms with E-state index in [0.717, 1.165) is 17.2 Å². The van der Waals surface area contributed by atoms with Crippen molar-refractivity contribution < 1.29 is 8.78 Å². The summed E-state index contributed by atoms with van der Waals surface area (Å²) in [5.74, 6) is -1.91. The molecule has 2 rings (SSSR count). The molecular weight excluding hydrogens is 208 g/mol. The first-order chi connectivity index (χ1) is 7.58. The summed E-state index contributed by atoms with van der Waals surface area (Å²) in [4.78, 5) is 0. The van der Waals surface area contributed by atoms with E-state index in [9.17, 15) is 8.78 Å². The van der Waals surface area contributed by atoms with Gasteiger partial charge in [-0.15, -0.1) is 0 Å². The van der Waals surface area contributed by atoms with Crippen LogP contribution in [0.3, 0.4) is 0 Å². The Morgan fingerprint density at radius 3 is 2.12 bits per heavy atom. The van der Waals surface area contributed by atoms with Crippen LogP contribution >= 0.6 is 0 Å². The van der Waals surface area contributed by atoms with E-state index < -0.39 is 11.6 Å². The molecule has 0 fully saturated rings. The Morgan fingerprint density at radius 2 is 1.56 bits per heavy atom. The van der Waals surface area contributed by atoms with Crippen molar-refractivity contribution in [3.63, 3.8) is 0 Å². The highest BCUT2D eigenvalue weighted by atomic mass is 19.2. The Morgan fingerprint density at radius 1 is 0.938 bits per heavy atom. The molecule has 0 unspecified atom stereocenters. The van der Waals surface area contributed by atoms with Crippen LogP contribution in [0.5, 0.6) is 0 Å². The van der Waals surface area contributed by atoms with Crippen LogP contribution in [0, 0.1) is 18.6 Å². The lowest BCUT2D eigenvalue weighted by molar-refractivity contribution is 0.512. The molecule has 3 heteroatoms. The third-order valence-electron chi connectivity index (χ3n) is 2.44. The molecule has 0 aliphatic carbocycles. The lowest BCUT2D eigenvalue weighted by Crippen LogP contribution is -1.95. The van der Waals surface area contributed by atoms with Crippen molar-refractivity contribution in [3.05, 3.63) is 53.6 Å². The van der Waals surface area contributed by atoms with Crippen LogP contribution in [0.1, 0.15) is 5.56 Å². The fourth-order valence-electron chi connectivity index (χ4n) is 1.52. The third kappa shape index (κ3) is 1.89. The number of rotatable bonds is 1. The zero-order valence-corrected chi connectivity index (χ0v) is 8.80. The molecule has 0 amide bonds. The summed E-state index contributed by atoms with van der Waals surface area (Å²) in [6.45, 7) is 1.96. The highest BCUT2D eigenvalue weighted by Crippen LogP contribution is 2.25. The molecule has 16 heavy (non-hydrogen) atoms. The monoisotopic (exact) mass is 219 g/mol. The molecule has 2 aromatic rings. The van der Waals surface area contributed by atoms with Gasteiger partial charge in [0.05, 0.1) is 5.69 Å². The van der Waals surface area contributed by atoms with E-state index in [1.165, 1.54) is 6.07 Å². The molecule has 0 atom stereocenters. The van der Waals surface area contributed by atoms with Gasteiger partial charge in [0.1, 0.15) is 0 Å². The number of anilines is 1. The van der Waals surface area contributed by atoms with Crippen LogP contribution in [0.2, 0.25) is 0 Å². The Balaban J connectivity index is 2.52. The molecule has 1 nitrogen and oxygen atoms in total. The molecule has 0 radical (unpaired) electrons. The van der Waals surface area contributed by atoms with Crippen LogP contribution in [0.4, 0.5) is 14.5 Å². The minimum atomic E-state index is -0.990. The van der Waals surface area contributed by atoms with Gasteiger partial charge in [-0.1, -0.05) is 29.8 Å². The summed E-state index contributed by atoms with van der Waals surface area (Å²) in [5.41, 5.74) is 7.71. The van der Waals surface area contributed by atoms with E-state index in [1.54, 1.807) is 0 Å². The predicted octanol–water partition coefficient (Wildman–Crippen LogP) is 3.52. The van der Waals surface area contributed by atoms with Gasteiger partial charge >= 0.3 is 0 Å². The second-order valence-electron chi connectivity index (χ2n) is 3.73. The summed E-state index contributed by atoms with van der Waals surface area (Å²) >= 11 is 0.